The van der Waals surface area contributed by atoms with Crippen LogP contribution in [0.2, 0.25) is 0 Å². The zero-order chi connectivity index (χ0) is 12.7. The molecule has 1 aliphatic rings. The minimum Gasteiger partial charge on any atom is -0.465 e. The van der Waals surface area contributed by atoms with E-state index < -0.39 is 6.09 Å². The van der Waals surface area contributed by atoms with Gasteiger partial charge in [-0.05, 0) is 29.9 Å². The van der Waals surface area contributed by atoms with Gasteiger partial charge in [-0.25, -0.2) is 4.79 Å². The lowest BCUT2D eigenvalue weighted by atomic mass is 10.1. The molecule has 94 valence electrons. The summed E-state index contributed by atoms with van der Waals surface area (Å²) in [6.07, 6.45) is 3.58. The van der Waals surface area contributed by atoms with E-state index in [4.69, 9.17) is 5.11 Å². The Balaban J connectivity index is 2.06. The summed E-state index contributed by atoms with van der Waals surface area (Å²) in [5, 5.41) is 12.3. The van der Waals surface area contributed by atoms with Crippen molar-refractivity contribution < 1.29 is 9.90 Å². The van der Waals surface area contributed by atoms with Crippen LogP contribution in [0, 0.1) is 0 Å². The van der Waals surface area contributed by atoms with Gasteiger partial charge in [0.1, 0.15) is 0 Å². The van der Waals surface area contributed by atoms with Crippen molar-refractivity contribution in [1.82, 2.24) is 9.88 Å². The number of fused-ring (bicyclic) bond motifs is 1. The van der Waals surface area contributed by atoms with Gasteiger partial charge in [-0.3, -0.25) is 0 Å². The molecule has 1 heterocycles. The normalized spacial score (nSPS) is 14.9. The molecule has 0 unspecified atom stereocenters. The summed E-state index contributed by atoms with van der Waals surface area (Å²) < 4.78 is 2.11. The van der Waals surface area contributed by atoms with E-state index in [1.807, 2.05) is 13.2 Å². The Kier molecular flexibility index (Phi) is 2.51. The molecule has 18 heavy (non-hydrogen) atoms. The van der Waals surface area contributed by atoms with Crippen molar-refractivity contribution in [1.29, 1.82) is 0 Å². The Bertz CT molecular complexity index is 612. The van der Waals surface area contributed by atoms with Gasteiger partial charge in [0.15, 0.2) is 0 Å². The number of benzene rings is 1. The Hall–Kier alpha value is -1.97. The highest BCUT2D eigenvalue weighted by Crippen LogP contribution is 2.43. The number of amides is 1. The van der Waals surface area contributed by atoms with Crippen LogP contribution in [0.1, 0.15) is 29.9 Å². The van der Waals surface area contributed by atoms with Crippen molar-refractivity contribution in [2.45, 2.75) is 25.3 Å². The highest BCUT2D eigenvalue weighted by molar-refractivity contribution is 5.87. The van der Waals surface area contributed by atoms with E-state index in [2.05, 4.69) is 28.1 Å². The number of aromatic nitrogens is 1. The lowest BCUT2D eigenvalue weighted by Crippen LogP contribution is -2.19. The number of para-hydroxylation sites is 1. The van der Waals surface area contributed by atoms with E-state index in [0.717, 1.165) is 10.9 Å². The van der Waals surface area contributed by atoms with E-state index in [-0.39, 0.29) is 0 Å². The molecular weight excluding hydrogens is 228 g/mol. The van der Waals surface area contributed by atoms with Gasteiger partial charge in [0.25, 0.3) is 0 Å². The predicted octanol–water partition coefficient (Wildman–Crippen LogP) is 2.82. The molecule has 1 amide bonds. The molecule has 0 saturated heterocycles. The van der Waals surface area contributed by atoms with Gasteiger partial charge in [0, 0.05) is 25.2 Å². The quantitative estimate of drug-likeness (QED) is 0.872. The average molecular weight is 244 g/mol. The summed E-state index contributed by atoms with van der Waals surface area (Å²) in [5.41, 5.74) is 3.69. The third kappa shape index (κ3) is 1.83. The van der Waals surface area contributed by atoms with E-state index >= 15 is 0 Å². The van der Waals surface area contributed by atoms with Crippen LogP contribution in [0.4, 0.5) is 4.79 Å². The number of hydrogen-bond acceptors (Lipinski definition) is 1. The fourth-order valence-electron chi connectivity index (χ4n) is 2.62. The van der Waals surface area contributed by atoms with Crippen molar-refractivity contribution >= 4 is 17.0 Å². The lowest BCUT2D eigenvalue weighted by molar-refractivity contribution is 0.194. The van der Waals surface area contributed by atoms with E-state index in [9.17, 15) is 4.79 Å². The first-order valence-corrected chi connectivity index (χ1v) is 6.20. The first kappa shape index (κ1) is 11.1. The molecule has 1 aliphatic carbocycles. The Morgan fingerprint density at radius 3 is 2.94 bits per heavy atom. The summed E-state index contributed by atoms with van der Waals surface area (Å²) in [6, 6.07) is 6.33. The second-order valence-corrected chi connectivity index (χ2v) is 4.94. The highest BCUT2D eigenvalue weighted by atomic mass is 16.4. The number of nitrogens with zero attached hydrogens (tertiary/aromatic N) is 1. The Morgan fingerprint density at radius 2 is 2.28 bits per heavy atom. The summed E-state index contributed by atoms with van der Waals surface area (Å²) in [6.45, 7) is 0.362. The molecule has 0 bridgehead atoms. The maximum absolute atomic E-state index is 10.6. The molecule has 0 atom stereocenters. The Morgan fingerprint density at radius 1 is 1.50 bits per heavy atom. The van der Waals surface area contributed by atoms with Crippen LogP contribution in [0.25, 0.3) is 10.9 Å². The summed E-state index contributed by atoms with van der Waals surface area (Å²) in [7, 11) is 2.03. The van der Waals surface area contributed by atoms with Gasteiger partial charge < -0.3 is 15.0 Å². The van der Waals surface area contributed by atoms with Gasteiger partial charge in [-0.1, -0.05) is 18.2 Å². The molecule has 3 rings (SSSR count). The first-order valence-electron chi connectivity index (χ1n) is 6.20. The third-order valence-corrected chi connectivity index (χ3v) is 3.56. The molecule has 1 fully saturated rings. The summed E-state index contributed by atoms with van der Waals surface area (Å²) >= 11 is 0. The Labute approximate surface area is 105 Å². The summed E-state index contributed by atoms with van der Waals surface area (Å²) in [5.74, 6) is 0.697. The molecule has 1 aromatic carbocycles. The van der Waals surface area contributed by atoms with Gasteiger partial charge >= 0.3 is 6.09 Å². The molecule has 2 aromatic rings. The molecule has 0 spiro atoms. The van der Waals surface area contributed by atoms with Crippen molar-refractivity contribution in [3.8, 4) is 0 Å². The molecule has 4 heteroatoms. The topological polar surface area (TPSA) is 54.3 Å². The molecular formula is C14H16N2O2. The predicted molar refractivity (Wildman–Crippen MR) is 69.8 cm³/mol. The number of aryl methyl sites for hydroxylation is 1. The maximum Gasteiger partial charge on any atom is 0.404 e. The van der Waals surface area contributed by atoms with Crippen LogP contribution in [-0.4, -0.2) is 15.8 Å². The smallest absolute Gasteiger partial charge is 0.404 e. The number of nitrogens with one attached hydrogen (secondary N) is 1. The lowest BCUT2D eigenvalue weighted by Gasteiger charge is -2.04. The third-order valence-electron chi connectivity index (χ3n) is 3.56. The van der Waals surface area contributed by atoms with Gasteiger partial charge in [-0.15, -0.1) is 0 Å². The van der Waals surface area contributed by atoms with Crippen molar-refractivity contribution in [2.24, 2.45) is 7.05 Å². The molecule has 0 aliphatic heterocycles. The first-order chi connectivity index (χ1) is 8.66. The fraction of sp³-hybridized carbons (Fsp3) is 0.357. The van der Waals surface area contributed by atoms with Crippen LogP contribution >= 0.6 is 0 Å². The average Bonchev–Trinajstić information content (AvgIpc) is 3.13. The highest BCUT2D eigenvalue weighted by Gasteiger charge is 2.26. The monoisotopic (exact) mass is 244 g/mol. The molecule has 0 radical (unpaired) electrons. The van der Waals surface area contributed by atoms with Crippen molar-refractivity contribution in [2.75, 3.05) is 0 Å². The molecule has 1 saturated carbocycles. The minimum atomic E-state index is -0.981. The van der Waals surface area contributed by atoms with E-state index in [1.54, 1.807) is 0 Å². The maximum atomic E-state index is 10.6. The number of hydrogen-bond donors (Lipinski definition) is 2. The summed E-state index contributed by atoms with van der Waals surface area (Å²) in [4.78, 5) is 10.6. The number of rotatable bonds is 3. The van der Waals surface area contributed by atoms with Gasteiger partial charge in [0.05, 0.1) is 5.52 Å². The largest absolute Gasteiger partial charge is 0.465 e. The van der Waals surface area contributed by atoms with Crippen LogP contribution in [0.5, 0.6) is 0 Å². The number of carbonyl (C=O) groups is 1. The van der Waals surface area contributed by atoms with Crippen LogP contribution < -0.4 is 5.32 Å². The van der Waals surface area contributed by atoms with Gasteiger partial charge in [-0.2, -0.15) is 0 Å². The minimum absolute atomic E-state index is 0.362. The SMILES string of the molecule is Cn1cc(CNC(=O)O)c2cccc(C3CC3)c21. The second-order valence-electron chi connectivity index (χ2n) is 4.94. The molecule has 4 nitrogen and oxygen atoms in total. The zero-order valence-corrected chi connectivity index (χ0v) is 10.3. The van der Waals surface area contributed by atoms with E-state index in [0.29, 0.717) is 12.5 Å². The number of carboxylic acid groups (broad SMARTS) is 1. The molecule has 2 N–H and O–H groups in total. The van der Waals surface area contributed by atoms with Crippen LogP contribution in [0.3, 0.4) is 0 Å². The second kappa shape index (κ2) is 4.05. The van der Waals surface area contributed by atoms with Crippen LogP contribution in [-0.2, 0) is 13.6 Å². The zero-order valence-electron chi connectivity index (χ0n) is 10.3. The van der Waals surface area contributed by atoms with Gasteiger partial charge in [0.2, 0.25) is 0 Å². The van der Waals surface area contributed by atoms with Crippen LogP contribution in [0.15, 0.2) is 24.4 Å². The fourth-order valence-corrected chi connectivity index (χ4v) is 2.62. The standard InChI is InChI=1S/C14H16N2O2/c1-16-8-10(7-15-14(17)18)12-4-2-3-11(13(12)16)9-5-6-9/h2-4,8-9,15H,5-7H2,1H3,(H,17,18). The van der Waals surface area contributed by atoms with Crippen molar-refractivity contribution in [3.63, 3.8) is 0 Å². The van der Waals surface area contributed by atoms with E-state index in [1.165, 1.54) is 23.9 Å². The van der Waals surface area contributed by atoms with Crippen molar-refractivity contribution in [3.05, 3.63) is 35.5 Å². The molecule has 1 aromatic heterocycles.